The zero-order valence-corrected chi connectivity index (χ0v) is 20.6. The molecule has 1 aromatic heterocycles. The van der Waals surface area contributed by atoms with Gasteiger partial charge in [0.25, 0.3) is 0 Å². The summed E-state index contributed by atoms with van der Waals surface area (Å²) in [5, 5.41) is 9.83. The standard InChI is InChI=1S/C27H29N5O2S/c1-2-6-25(34)29-22-8-3-4-9-23(22)30-26-20-16-35-14-13-21(20)31-27(32-26)28-18-11-12-19-17(15-18)7-5-10-24(19)33/h3-4,8-9,11-12,15H,2,5-7,10,13-14,16H2,1H3,(H,29,34)(H2,28,30,31,32). The number of aromatic nitrogens is 2. The number of fused-ring (bicyclic) bond motifs is 2. The van der Waals surface area contributed by atoms with Crippen LogP contribution in [0.4, 0.5) is 28.8 Å². The number of hydrogen-bond donors (Lipinski definition) is 3. The summed E-state index contributed by atoms with van der Waals surface area (Å²) in [5.74, 6) is 3.34. The van der Waals surface area contributed by atoms with Crippen LogP contribution in [0.2, 0.25) is 0 Å². The van der Waals surface area contributed by atoms with E-state index in [0.717, 1.165) is 82.5 Å². The minimum absolute atomic E-state index is 0.00438. The molecule has 2 heterocycles. The third-order valence-corrected chi connectivity index (χ3v) is 7.25. The van der Waals surface area contributed by atoms with Gasteiger partial charge in [-0.1, -0.05) is 19.1 Å². The van der Waals surface area contributed by atoms with Crippen LogP contribution in [-0.2, 0) is 23.4 Å². The van der Waals surface area contributed by atoms with Crippen LogP contribution < -0.4 is 16.0 Å². The van der Waals surface area contributed by atoms with Gasteiger partial charge in [-0.05, 0) is 67.3 Å². The summed E-state index contributed by atoms with van der Waals surface area (Å²) in [4.78, 5) is 34.1. The van der Waals surface area contributed by atoms with E-state index in [1.54, 1.807) is 0 Å². The van der Waals surface area contributed by atoms with E-state index >= 15 is 0 Å². The SMILES string of the molecule is CCCC(=O)Nc1ccccc1Nc1nc(Nc2ccc3c(c2)CCCC3=O)nc2c1CSCC2. The third kappa shape index (κ3) is 5.32. The van der Waals surface area contributed by atoms with E-state index in [1.807, 2.05) is 61.2 Å². The fourth-order valence-electron chi connectivity index (χ4n) is 4.51. The summed E-state index contributed by atoms with van der Waals surface area (Å²) in [7, 11) is 0. The average Bonchev–Trinajstić information content (AvgIpc) is 2.85. The molecule has 0 spiro atoms. The van der Waals surface area contributed by atoms with Crippen molar-refractivity contribution in [3.8, 4) is 0 Å². The lowest BCUT2D eigenvalue weighted by atomic mass is 9.90. The lowest BCUT2D eigenvalue weighted by molar-refractivity contribution is -0.116. The zero-order chi connectivity index (χ0) is 24.2. The molecule has 0 saturated heterocycles. The maximum atomic E-state index is 12.2. The van der Waals surface area contributed by atoms with Gasteiger partial charge >= 0.3 is 0 Å². The van der Waals surface area contributed by atoms with Gasteiger partial charge in [-0.25, -0.2) is 4.98 Å². The maximum absolute atomic E-state index is 12.2. The van der Waals surface area contributed by atoms with Crippen molar-refractivity contribution in [3.05, 3.63) is 64.8 Å². The molecule has 0 radical (unpaired) electrons. The number of benzene rings is 2. The number of amides is 1. The average molecular weight is 488 g/mol. The van der Waals surface area contributed by atoms with Crippen LogP contribution in [0.5, 0.6) is 0 Å². The predicted molar refractivity (Wildman–Crippen MR) is 142 cm³/mol. The fourth-order valence-corrected chi connectivity index (χ4v) is 5.50. The molecule has 0 atom stereocenters. The number of hydrogen-bond acceptors (Lipinski definition) is 7. The minimum Gasteiger partial charge on any atom is -0.338 e. The van der Waals surface area contributed by atoms with Crippen molar-refractivity contribution in [1.29, 1.82) is 0 Å². The Morgan fingerprint density at radius 3 is 2.74 bits per heavy atom. The van der Waals surface area contributed by atoms with Gasteiger partial charge in [0.2, 0.25) is 11.9 Å². The van der Waals surface area contributed by atoms with Crippen molar-refractivity contribution in [2.24, 2.45) is 0 Å². The van der Waals surface area contributed by atoms with E-state index < -0.39 is 0 Å². The lowest BCUT2D eigenvalue weighted by Gasteiger charge is -2.21. The molecule has 2 aromatic carbocycles. The number of thioether (sulfide) groups is 1. The molecule has 0 fully saturated rings. The van der Waals surface area contributed by atoms with Gasteiger partial charge in [-0.3, -0.25) is 9.59 Å². The zero-order valence-electron chi connectivity index (χ0n) is 19.8. The van der Waals surface area contributed by atoms with Crippen LogP contribution in [0.3, 0.4) is 0 Å². The number of ketones is 1. The van der Waals surface area contributed by atoms with Crippen LogP contribution in [0.15, 0.2) is 42.5 Å². The van der Waals surface area contributed by atoms with Crippen molar-refractivity contribution >= 4 is 52.3 Å². The fraction of sp³-hybridized carbons (Fsp3) is 0.333. The third-order valence-electron chi connectivity index (χ3n) is 6.27. The largest absolute Gasteiger partial charge is 0.338 e. The molecule has 2 aliphatic rings. The molecule has 5 rings (SSSR count). The van der Waals surface area contributed by atoms with Crippen LogP contribution in [0, 0.1) is 0 Å². The topological polar surface area (TPSA) is 96.0 Å². The Bertz CT molecular complexity index is 1280. The Balaban J connectivity index is 1.45. The van der Waals surface area contributed by atoms with Crippen molar-refractivity contribution in [2.75, 3.05) is 21.7 Å². The highest BCUT2D eigenvalue weighted by atomic mass is 32.2. The first-order valence-electron chi connectivity index (χ1n) is 12.2. The summed E-state index contributed by atoms with van der Waals surface area (Å²) in [6, 6.07) is 13.6. The summed E-state index contributed by atoms with van der Waals surface area (Å²) in [6.07, 6.45) is 4.58. The molecule has 0 saturated carbocycles. The van der Waals surface area contributed by atoms with Gasteiger partial charge in [-0.15, -0.1) is 0 Å². The minimum atomic E-state index is -0.00438. The second-order valence-corrected chi connectivity index (χ2v) is 9.97. The Kier molecular flexibility index (Phi) is 6.99. The monoisotopic (exact) mass is 487 g/mol. The van der Waals surface area contributed by atoms with Crippen molar-refractivity contribution in [3.63, 3.8) is 0 Å². The second kappa shape index (κ2) is 10.5. The molecule has 180 valence electrons. The van der Waals surface area contributed by atoms with E-state index in [1.165, 1.54) is 0 Å². The highest BCUT2D eigenvalue weighted by molar-refractivity contribution is 7.98. The van der Waals surface area contributed by atoms with Crippen LogP contribution >= 0.6 is 11.8 Å². The number of Topliss-reactive ketones (excluding diaryl/α,β-unsaturated/α-hetero) is 1. The molecule has 1 aliphatic carbocycles. The quantitative estimate of drug-likeness (QED) is 0.375. The summed E-state index contributed by atoms with van der Waals surface area (Å²) in [6.45, 7) is 1.99. The normalized spacial score (nSPS) is 14.6. The van der Waals surface area contributed by atoms with E-state index in [2.05, 4.69) is 16.0 Å². The number of carbonyl (C=O) groups is 2. The number of rotatable bonds is 7. The predicted octanol–water partition coefficient (Wildman–Crippen LogP) is 6.01. The van der Waals surface area contributed by atoms with Gasteiger partial charge in [0, 0.05) is 35.4 Å². The highest BCUT2D eigenvalue weighted by Gasteiger charge is 2.21. The Morgan fingerprint density at radius 2 is 1.89 bits per heavy atom. The van der Waals surface area contributed by atoms with E-state index in [-0.39, 0.29) is 11.7 Å². The molecular formula is C27H29N5O2S. The number of aryl methyl sites for hydroxylation is 2. The summed E-state index contributed by atoms with van der Waals surface area (Å²) < 4.78 is 0. The maximum Gasteiger partial charge on any atom is 0.229 e. The van der Waals surface area contributed by atoms with E-state index in [4.69, 9.17) is 9.97 Å². The Labute approximate surface area is 209 Å². The molecule has 8 heteroatoms. The number of carbonyl (C=O) groups excluding carboxylic acids is 2. The van der Waals surface area contributed by atoms with E-state index in [9.17, 15) is 9.59 Å². The molecule has 0 unspecified atom stereocenters. The van der Waals surface area contributed by atoms with Gasteiger partial charge in [0.05, 0.1) is 17.1 Å². The summed E-state index contributed by atoms with van der Waals surface area (Å²) >= 11 is 1.87. The first kappa shape index (κ1) is 23.4. The Hall–Kier alpha value is -3.39. The first-order valence-corrected chi connectivity index (χ1v) is 13.3. The molecular weight excluding hydrogens is 458 g/mol. The molecule has 0 bridgehead atoms. The first-order chi connectivity index (χ1) is 17.1. The lowest BCUT2D eigenvalue weighted by Crippen LogP contribution is -2.15. The number of para-hydroxylation sites is 2. The number of anilines is 5. The van der Waals surface area contributed by atoms with Crippen molar-refractivity contribution < 1.29 is 9.59 Å². The second-order valence-electron chi connectivity index (χ2n) is 8.87. The molecule has 1 amide bonds. The molecule has 7 nitrogen and oxygen atoms in total. The molecule has 1 aliphatic heterocycles. The smallest absolute Gasteiger partial charge is 0.229 e. The Morgan fingerprint density at radius 1 is 1.03 bits per heavy atom. The number of nitrogens with one attached hydrogen (secondary N) is 3. The van der Waals surface area contributed by atoms with Crippen molar-refractivity contribution in [2.45, 2.75) is 51.2 Å². The molecule has 35 heavy (non-hydrogen) atoms. The van der Waals surface area contributed by atoms with Gasteiger partial charge in [0.15, 0.2) is 5.78 Å². The number of nitrogens with zero attached hydrogens (tertiary/aromatic N) is 2. The van der Waals surface area contributed by atoms with Crippen LogP contribution in [0.25, 0.3) is 0 Å². The summed E-state index contributed by atoms with van der Waals surface area (Å²) in [5.41, 5.74) is 6.44. The van der Waals surface area contributed by atoms with Crippen LogP contribution in [0.1, 0.15) is 59.8 Å². The van der Waals surface area contributed by atoms with Gasteiger partial charge in [0.1, 0.15) is 5.82 Å². The van der Waals surface area contributed by atoms with Crippen LogP contribution in [-0.4, -0.2) is 27.4 Å². The molecule has 3 N–H and O–H groups in total. The van der Waals surface area contributed by atoms with Gasteiger partial charge < -0.3 is 16.0 Å². The highest BCUT2D eigenvalue weighted by Crippen LogP contribution is 2.34. The van der Waals surface area contributed by atoms with Gasteiger partial charge in [-0.2, -0.15) is 16.7 Å². The van der Waals surface area contributed by atoms with E-state index in [0.29, 0.717) is 18.8 Å². The van der Waals surface area contributed by atoms with Crippen molar-refractivity contribution in [1.82, 2.24) is 9.97 Å². The molecule has 3 aromatic rings.